The van der Waals surface area contributed by atoms with Crippen molar-refractivity contribution in [3.05, 3.63) is 188 Å². The highest BCUT2D eigenvalue weighted by Gasteiger charge is 2.21. The maximum atomic E-state index is 6.64. The molecule has 0 spiro atoms. The number of benzene rings is 9. The van der Waals surface area contributed by atoms with Gasteiger partial charge in [0.1, 0.15) is 11.2 Å². The van der Waals surface area contributed by atoms with Crippen LogP contribution in [0.3, 0.4) is 0 Å². The van der Waals surface area contributed by atoms with Crippen molar-refractivity contribution in [3.63, 3.8) is 0 Å². The molecule has 4 nitrogen and oxygen atoms in total. The summed E-state index contributed by atoms with van der Waals surface area (Å²) < 4.78 is 6.64. The van der Waals surface area contributed by atoms with Crippen LogP contribution in [0.25, 0.3) is 111 Å². The van der Waals surface area contributed by atoms with Crippen LogP contribution in [0.1, 0.15) is 0 Å². The molecule has 55 heavy (non-hydrogen) atoms. The van der Waals surface area contributed by atoms with Gasteiger partial charge >= 0.3 is 0 Å². The van der Waals surface area contributed by atoms with Crippen LogP contribution in [0, 0.1) is 0 Å². The third-order valence-corrected chi connectivity index (χ3v) is 10.7. The second kappa shape index (κ2) is 12.6. The van der Waals surface area contributed by atoms with Crippen LogP contribution in [0.4, 0.5) is 0 Å². The highest BCUT2D eigenvalue weighted by molar-refractivity contribution is 6.20. The lowest BCUT2D eigenvalue weighted by Crippen LogP contribution is -2.01. The molecule has 256 valence electrons. The number of para-hydroxylation sites is 1. The molecule has 0 radical (unpaired) electrons. The summed E-state index contributed by atoms with van der Waals surface area (Å²) >= 11 is 0. The van der Waals surface area contributed by atoms with E-state index >= 15 is 0 Å². The van der Waals surface area contributed by atoms with Crippen LogP contribution in [0.2, 0.25) is 0 Å². The Labute approximate surface area is 317 Å². The van der Waals surface area contributed by atoms with Crippen molar-refractivity contribution in [2.75, 3.05) is 0 Å². The molecule has 0 N–H and O–H groups in total. The van der Waals surface area contributed by atoms with Gasteiger partial charge < -0.3 is 4.42 Å². The summed E-state index contributed by atoms with van der Waals surface area (Å²) in [4.78, 5) is 15.7. The Morgan fingerprint density at radius 1 is 0.309 bits per heavy atom. The van der Waals surface area contributed by atoms with Gasteiger partial charge in [-0.2, -0.15) is 0 Å². The zero-order valence-corrected chi connectivity index (χ0v) is 29.6. The van der Waals surface area contributed by atoms with Crippen LogP contribution in [0.5, 0.6) is 0 Å². The summed E-state index contributed by atoms with van der Waals surface area (Å²) in [5.74, 6) is 1.81. The van der Waals surface area contributed by atoms with Crippen LogP contribution in [0.15, 0.2) is 192 Å². The number of hydrogen-bond donors (Lipinski definition) is 0. The van der Waals surface area contributed by atoms with E-state index in [9.17, 15) is 0 Å². The van der Waals surface area contributed by atoms with Crippen LogP contribution >= 0.6 is 0 Å². The molecule has 9 aromatic carbocycles. The van der Waals surface area contributed by atoms with Gasteiger partial charge in [0.05, 0.1) is 0 Å². The van der Waals surface area contributed by atoms with E-state index in [0.29, 0.717) is 17.5 Å². The first-order valence-corrected chi connectivity index (χ1v) is 18.5. The predicted molar refractivity (Wildman–Crippen MR) is 227 cm³/mol. The van der Waals surface area contributed by atoms with Gasteiger partial charge in [0.15, 0.2) is 17.5 Å². The number of furan rings is 1. The molecule has 2 aromatic heterocycles. The Kier molecular flexibility index (Phi) is 7.14. The van der Waals surface area contributed by atoms with Crippen molar-refractivity contribution in [1.29, 1.82) is 0 Å². The lowest BCUT2D eigenvalue weighted by Gasteiger charge is -2.12. The van der Waals surface area contributed by atoms with Crippen LogP contribution in [-0.2, 0) is 0 Å². The molecular formula is C51H31N3O. The summed E-state index contributed by atoms with van der Waals surface area (Å²) in [6.45, 7) is 0. The van der Waals surface area contributed by atoms with E-state index in [2.05, 4.69) is 164 Å². The molecule has 11 rings (SSSR count). The SMILES string of the molecule is c1ccc(-c2cccc(-c3nc(-c4ccc5c(ccc6ccc7ccccc7c65)c4)nc(-c4ccc(-c5ccccc5)c5oc6ccccc6c45)n3)c2)cc1. The van der Waals surface area contributed by atoms with E-state index in [0.717, 1.165) is 66.3 Å². The second-order valence-electron chi connectivity index (χ2n) is 14.0. The molecule has 4 heteroatoms. The minimum absolute atomic E-state index is 0.589. The number of fused-ring (bicyclic) bond motifs is 8. The largest absolute Gasteiger partial charge is 0.455 e. The van der Waals surface area contributed by atoms with Crippen molar-refractivity contribution in [2.24, 2.45) is 0 Å². The molecule has 0 aliphatic carbocycles. The summed E-state index contributed by atoms with van der Waals surface area (Å²) in [6.07, 6.45) is 0. The second-order valence-corrected chi connectivity index (χ2v) is 14.0. The molecule has 0 fully saturated rings. The smallest absolute Gasteiger partial charge is 0.164 e. The molecular weight excluding hydrogens is 671 g/mol. The van der Waals surface area contributed by atoms with Crippen molar-refractivity contribution in [2.45, 2.75) is 0 Å². The summed E-state index contributed by atoms with van der Waals surface area (Å²) in [5, 5.41) is 9.28. The highest BCUT2D eigenvalue weighted by Crippen LogP contribution is 2.42. The minimum Gasteiger partial charge on any atom is -0.455 e. The van der Waals surface area contributed by atoms with Gasteiger partial charge in [0.2, 0.25) is 0 Å². The third kappa shape index (κ3) is 5.26. The van der Waals surface area contributed by atoms with Crippen molar-refractivity contribution in [1.82, 2.24) is 15.0 Å². The third-order valence-electron chi connectivity index (χ3n) is 10.7. The van der Waals surface area contributed by atoms with E-state index in [1.165, 1.54) is 26.9 Å². The van der Waals surface area contributed by atoms with Gasteiger partial charge in [-0.1, -0.05) is 158 Å². The van der Waals surface area contributed by atoms with Gasteiger partial charge in [-0.25, -0.2) is 15.0 Å². The van der Waals surface area contributed by atoms with E-state index in [1.54, 1.807) is 0 Å². The fourth-order valence-corrected chi connectivity index (χ4v) is 8.06. The van der Waals surface area contributed by atoms with E-state index in [-0.39, 0.29) is 0 Å². The summed E-state index contributed by atoms with van der Waals surface area (Å²) in [6, 6.07) is 65.7. The maximum Gasteiger partial charge on any atom is 0.164 e. The number of aromatic nitrogens is 3. The lowest BCUT2D eigenvalue weighted by atomic mass is 9.95. The van der Waals surface area contributed by atoms with Gasteiger partial charge in [-0.05, 0) is 79.3 Å². The van der Waals surface area contributed by atoms with Crippen LogP contribution < -0.4 is 0 Å². The highest BCUT2D eigenvalue weighted by atomic mass is 16.3. The Morgan fingerprint density at radius 3 is 1.71 bits per heavy atom. The van der Waals surface area contributed by atoms with Crippen LogP contribution in [-0.4, -0.2) is 15.0 Å². The molecule has 0 saturated heterocycles. The van der Waals surface area contributed by atoms with Gasteiger partial charge in [0.25, 0.3) is 0 Å². The Bertz CT molecular complexity index is 3260. The summed E-state index contributed by atoms with van der Waals surface area (Å²) in [5.41, 5.74) is 8.70. The fourth-order valence-electron chi connectivity index (χ4n) is 8.06. The fraction of sp³-hybridized carbons (Fsp3) is 0. The maximum absolute atomic E-state index is 6.64. The Hall–Kier alpha value is -7.43. The van der Waals surface area contributed by atoms with Crippen molar-refractivity contribution < 1.29 is 4.42 Å². The molecule has 2 heterocycles. The molecule has 0 amide bonds. The van der Waals surface area contributed by atoms with Gasteiger partial charge in [0, 0.05) is 33.0 Å². The first-order chi connectivity index (χ1) is 27.2. The number of hydrogen-bond acceptors (Lipinski definition) is 4. The normalized spacial score (nSPS) is 11.6. The molecule has 0 aliphatic rings. The van der Waals surface area contributed by atoms with E-state index in [4.69, 9.17) is 19.4 Å². The average molecular weight is 702 g/mol. The zero-order valence-electron chi connectivity index (χ0n) is 29.6. The van der Waals surface area contributed by atoms with E-state index in [1.807, 2.05) is 24.3 Å². The van der Waals surface area contributed by atoms with Gasteiger partial charge in [-0.3, -0.25) is 0 Å². The minimum atomic E-state index is 0.589. The molecule has 0 atom stereocenters. The first kappa shape index (κ1) is 31.1. The zero-order chi connectivity index (χ0) is 36.3. The quantitative estimate of drug-likeness (QED) is 0.168. The van der Waals surface area contributed by atoms with Gasteiger partial charge in [-0.15, -0.1) is 0 Å². The molecule has 0 aliphatic heterocycles. The Balaban J connectivity index is 1.16. The summed E-state index contributed by atoms with van der Waals surface area (Å²) in [7, 11) is 0. The Morgan fingerprint density at radius 2 is 0.891 bits per heavy atom. The standard InChI is InChI=1S/C51H31N3O/c1-3-12-32(13-4-1)36-17-11-18-38(30-36)49-52-50(39-26-27-41-37(31-39)25-24-35-23-22-34-16-7-8-19-40(34)46(35)41)54-51(53-49)44-29-28-42(33-14-5-2-6-15-33)48-47(44)43-20-9-10-21-45(43)55-48/h1-31H. The predicted octanol–water partition coefficient (Wildman–Crippen LogP) is 13.6. The number of rotatable bonds is 5. The topological polar surface area (TPSA) is 51.8 Å². The molecule has 0 saturated carbocycles. The average Bonchev–Trinajstić information content (AvgIpc) is 3.66. The number of nitrogens with zero attached hydrogens (tertiary/aromatic N) is 3. The monoisotopic (exact) mass is 701 g/mol. The van der Waals surface area contributed by atoms with Crippen molar-refractivity contribution in [3.8, 4) is 56.4 Å². The lowest BCUT2D eigenvalue weighted by molar-refractivity contribution is 0.670. The first-order valence-electron chi connectivity index (χ1n) is 18.5. The van der Waals surface area contributed by atoms with E-state index < -0.39 is 0 Å². The van der Waals surface area contributed by atoms with Crippen molar-refractivity contribution >= 4 is 54.3 Å². The molecule has 0 bridgehead atoms. The molecule has 0 unspecified atom stereocenters. The molecule has 11 aromatic rings.